The predicted molar refractivity (Wildman–Crippen MR) is 59.3 cm³/mol. The van der Waals surface area contributed by atoms with Gasteiger partial charge in [-0.2, -0.15) is 0 Å². The average Bonchev–Trinajstić information content (AvgIpc) is 2.12. The molecule has 0 aliphatic carbocycles. The van der Waals surface area contributed by atoms with Crippen molar-refractivity contribution in [2.75, 3.05) is 0 Å². The molecule has 0 radical (unpaired) electrons. The standard InChI is InChI=1S/C12H20N2/c1-5-6-9(2)7-12-8-13-10(3)11(4)14-12/h8-9H,5-7H2,1-4H3. The van der Waals surface area contributed by atoms with Gasteiger partial charge < -0.3 is 0 Å². The third-order valence-electron chi connectivity index (χ3n) is 2.58. The summed E-state index contributed by atoms with van der Waals surface area (Å²) in [5.74, 6) is 0.719. The van der Waals surface area contributed by atoms with Crippen LogP contribution < -0.4 is 0 Å². The third-order valence-corrected chi connectivity index (χ3v) is 2.58. The van der Waals surface area contributed by atoms with Gasteiger partial charge in [-0.3, -0.25) is 9.97 Å². The van der Waals surface area contributed by atoms with Gasteiger partial charge in [-0.25, -0.2) is 0 Å². The lowest BCUT2D eigenvalue weighted by molar-refractivity contribution is 0.515. The largest absolute Gasteiger partial charge is 0.258 e. The smallest absolute Gasteiger partial charge is 0.0592 e. The summed E-state index contributed by atoms with van der Waals surface area (Å²) in [7, 11) is 0. The molecule has 1 aromatic rings. The predicted octanol–water partition coefficient (Wildman–Crippen LogP) is 3.07. The summed E-state index contributed by atoms with van der Waals surface area (Å²) in [5, 5.41) is 0. The second kappa shape index (κ2) is 5.08. The zero-order valence-corrected chi connectivity index (χ0v) is 9.67. The van der Waals surface area contributed by atoms with Gasteiger partial charge in [-0.15, -0.1) is 0 Å². The van der Waals surface area contributed by atoms with Crippen LogP contribution in [0.4, 0.5) is 0 Å². The van der Waals surface area contributed by atoms with E-state index >= 15 is 0 Å². The molecule has 0 bridgehead atoms. The number of aromatic nitrogens is 2. The highest BCUT2D eigenvalue weighted by atomic mass is 14.8. The number of aryl methyl sites for hydroxylation is 2. The van der Waals surface area contributed by atoms with Crippen LogP contribution in [-0.2, 0) is 6.42 Å². The third kappa shape index (κ3) is 3.09. The highest BCUT2D eigenvalue weighted by molar-refractivity contribution is 5.10. The van der Waals surface area contributed by atoms with E-state index in [1.165, 1.54) is 12.8 Å². The van der Waals surface area contributed by atoms with E-state index in [-0.39, 0.29) is 0 Å². The average molecular weight is 192 g/mol. The Morgan fingerprint density at radius 1 is 1.29 bits per heavy atom. The van der Waals surface area contributed by atoms with Gasteiger partial charge in [0.05, 0.1) is 17.1 Å². The van der Waals surface area contributed by atoms with Gasteiger partial charge in [0, 0.05) is 6.20 Å². The van der Waals surface area contributed by atoms with E-state index in [1.54, 1.807) is 0 Å². The fourth-order valence-electron chi connectivity index (χ4n) is 1.64. The molecule has 1 heterocycles. The first-order valence-corrected chi connectivity index (χ1v) is 5.42. The maximum Gasteiger partial charge on any atom is 0.0592 e. The molecule has 0 spiro atoms. The van der Waals surface area contributed by atoms with Gasteiger partial charge in [-0.1, -0.05) is 26.7 Å². The van der Waals surface area contributed by atoms with Crippen LogP contribution in [0, 0.1) is 19.8 Å². The molecule has 0 amide bonds. The molecule has 78 valence electrons. The van der Waals surface area contributed by atoms with Crippen LogP contribution in [-0.4, -0.2) is 9.97 Å². The highest BCUT2D eigenvalue weighted by Gasteiger charge is 2.05. The summed E-state index contributed by atoms with van der Waals surface area (Å²) in [5.41, 5.74) is 3.23. The van der Waals surface area contributed by atoms with Gasteiger partial charge in [0.25, 0.3) is 0 Å². The number of hydrogen-bond donors (Lipinski definition) is 0. The molecule has 1 unspecified atom stereocenters. The lowest BCUT2D eigenvalue weighted by atomic mass is 10.0. The van der Waals surface area contributed by atoms with Crippen molar-refractivity contribution in [2.24, 2.45) is 5.92 Å². The number of nitrogens with zero attached hydrogens (tertiary/aromatic N) is 2. The molecule has 0 N–H and O–H groups in total. The Labute approximate surface area is 86.8 Å². The number of hydrogen-bond acceptors (Lipinski definition) is 2. The van der Waals surface area contributed by atoms with E-state index in [2.05, 4.69) is 23.8 Å². The van der Waals surface area contributed by atoms with E-state index in [4.69, 9.17) is 0 Å². The maximum atomic E-state index is 4.53. The van der Waals surface area contributed by atoms with E-state index < -0.39 is 0 Å². The van der Waals surface area contributed by atoms with Gasteiger partial charge in [0.1, 0.15) is 0 Å². The summed E-state index contributed by atoms with van der Waals surface area (Å²) < 4.78 is 0. The molecule has 0 saturated carbocycles. The van der Waals surface area contributed by atoms with Gasteiger partial charge in [-0.05, 0) is 26.2 Å². The van der Waals surface area contributed by atoms with Crippen LogP contribution in [0.15, 0.2) is 6.20 Å². The van der Waals surface area contributed by atoms with Crippen LogP contribution in [0.3, 0.4) is 0 Å². The van der Waals surface area contributed by atoms with Crippen molar-refractivity contribution in [2.45, 2.75) is 47.0 Å². The quantitative estimate of drug-likeness (QED) is 0.732. The lowest BCUT2D eigenvalue weighted by Crippen LogP contribution is -2.04. The molecule has 1 aromatic heterocycles. The van der Waals surface area contributed by atoms with Crippen molar-refractivity contribution in [3.63, 3.8) is 0 Å². The normalized spacial score (nSPS) is 12.9. The molecule has 0 aliphatic heterocycles. The Bertz CT molecular complexity index is 294. The molecular weight excluding hydrogens is 172 g/mol. The second-order valence-electron chi connectivity index (χ2n) is 4.13. The molecule has 2 nitrogen and oxygen atoms in total. The Morgan fingerprint density at radius 3 is 2.57 bits per heavy atom. The molecule has 1 rings (SSSR count). The summed E-state index contributed by atoms with van der Waals surface area (Å²) in [6.07, 6.45) is 5.49. The summed E-state index contributed by atoms with van der Waals surface area (Å²) in [4.78, 5) is 8.86. The van der Waals surface area contributed by atoms with E-state index in [0.717, 1.165) is 29.4 Å². The molecule has 2 heteroatoms. The van der Waals surface area contributed by atoms with Crippen molar-refractivity contribution < 1.29 is 0 Å². The van der Waals surface area contributed by atoms with Crippen LogP contribution in [0.5, 0.6) is 0 Å². The molecule has 0 saturated heterocycles. The molecule has 0 fully saturated rings. The van der Waals surface area contributed by atoms with E-state index in [1.807, 2.05) is 20.0 Å². The van der Waals surface area contributed by atoms with E-state index in [9.17, 15) is 0 Å². The first-order chi connectivity index (χ1) is 6.63. The van der Waals surface area contributed by atoms with Gasteiger partial charge in [0.15, 0.2) is 0 Å². The van der Waals surface area contributed by atoms with E-state index in [0.29, 0.717) is 0 Å². The minimum atomic E-state index is 0.719. The van der Waals surface area contributed by atoms with Crippen LogP contribution in [0.2, 0.25) is 0 Å². The molecule has 1 atom stereocenters. The first kappa shape index (κ1) is 11.2. The zero-order valence-electron chi connectivity index (χ0n) is 9.67. The van der Waals surface area contributed by atoms with Crippen LogP contribution in [0.1, 0.15) is 43.8 Å². The summed E-state index contributed by atoms with van der Waals surface area (Å²) in [6, 6.07) is 0. The zero-order chi connectivity index (χ0) is 10.6. The highest BCUT2D eigenvalue weighted by Crippen LogP contribution is 2.12. The minimum Gasteiger partial charge on any atom is -0.258 e. The fraction of sp³-hybridized carbons (Fsp3) is 0.667. The Balaban J connectivity index is 2.63. The molecule has 0 aliphatic rings. The Morgan fingerprint density at radius 2 is 2.00 bits per heavy atom. The Kier molecular flexibility index (Phi) is 4.05. The van der Waals surface area contributed by atoms with Crippen LogP contribution in [0.25, 0.3) is 0 Å². The lowest BCUT2D eigenvalue weighted by Gasteiger charge is -2.09. The fourth-order valence-corrected chi connectivity index (χ4v) is 1.64. The number of rotatable bonds is 4. The van der Waals surface area contributed by atoms with Crippen molar-refractivity contribution in [1.82, 2.24) is 9.97 Å². The second-order valence-corrected chi connectivity index (χ2v) is 4.13. The summed E-state index contributed by atoms with van der Waals surface area (Å²) in [6.45, 7) is 8.53. The van der Waals surface area contributed by atoms with Gasteiger partial charge >= 0.3 is 0 Å². The summed E-state index contributed by atoms with van der Waals surface area (Å²) >= 11 is 0. The molecular formula is C12H20N2. The van der Waals surface area contributed by atoms with Crippen molar-refractivity contribution >= 4 is 0 Å². The molecule has 14 heavy (non-hydrogen) atoms. The van der Waals surface area contributed by atoms with Crippen molar-refractivity contribution in [1.29, 1.82) is 0 Å². The van der Waals surface area contributed by atoms with Crippen LogP contribution >= 0.6 is 0 Å². The maximum absolute atomic E-state index is 4.53. The minimum absolute atomic E-state index is 0.719. The van der Waals surface area contributed by atoms with Crippen molar-refractivity contribution in [3.8, 4) is 0 Å². The SMILES string of the molecule is CCCC(C)Cc1cnc(C)c(C)n1. The topological polar surface area (TPSA) is 25.8 Å². The van der Waals surface area contributed by atoms with Gasteiger partial charge in [0.2, 0.25) is 0 Å². The monoisotopic (exact) mass is 192 g/mol. The molecule has 0 aromatic carbocycles. The van der Waals surface area contributed by atoms with Crippen molar-refractivity contribution in [3.05, 3.63) is 23.3 Å². The first-order valence-electron chi connectivity index (χ1n) is 5.42. The Hall–Kier alpha value is -0.920.